The third-order valence-electron chi connectivity index (χ3n) is 3.54. The summed E-state index contributed by atoms with van der Waals surface area (Å²) in [5.74, 6) is -1.44. The van der Waals surface area contributed by atoms with Crippen LogP contribution < -0.4 is 5.32 Å². The van der Waals surface area contributed by atoms with E-state index in [1.165, 1.54) is 22.3 Å². The number of nitrogens with one attached hydrogen (secondary N) is 1. The Bertz CT molecular complexity index is 967. The maximum atomic E-state index is 13.9. The summed E-state index contributed by atoms with van der Waals surface area (Å²) in [4.78, 5) is 28.1. The summed E-state index contributed by atoms with van der Waals surface area (Å²) in [6, 6.07) is 6.16. The summed E-state index contributed by atoms with van der Waals surface area (Å²) in [6.45, 7) is 3.61. The number of thiazole rings is 1. The Balaban J connectivity index is 1.79. The molecule has 0 saturated carbocycles. The summed E-state index contributed by atoms with van der Waals surface area (Å²) in [6.07, 6.45) is 1.36. The van der Waals surface area contributed by atoms with Crippen molar-refractivity contribution < 1.29 is 18.7 Å². The number of ether oxygens (including phenoxy) is 1. The van der Waals surface area contributed by atoms with E-state index in [0.717, 1.165) is 11.3 Å². The molecule has 0 fully saturated rings. The van der Waals surface area contributed by atoms with Crippen LogP contribution in [-0.4, -0.2) is 33.2 Å². The first-order chi connectivity index (χ1) is 12.5. The first kappa shape index (κ1) is 17.7. The number of hydrogen-bond acceptors (Lipinski definition) is 6. The molecule has 0 saturated heterocycles. The van der Waals surface area contributed by atoms with Crippen molar-refractivity contribution in [2.75, 3.05) is 11.9 Å². The molecule has 0 atom stereocenters. The SMILES string of the molecule is CCOC(=O)c1csc(NC(=O)c2cnn(-c3ccccc3F)c2C)n1. The van der Waals surface area contributed by atoms with E-state index in [2.05, 4.69) is 15.4 Å². The maximum Gasteiger partial charge on any atom is 0.357 e. The van der Waals surface area contributed by atoms with Crippen molar-refractivity contribution in [1.29, 1.82) is 0 Å². The van der Waals surface area contributed by atoms with Crippen LogP contribution in [0.15, 0.2) is 35.8 Å². The fraction of sp³-hybridized carbons (Fsp3) is 0.176. The van der Waals surface area contributed by atoms with Crippen LogP contribution in [-0.2, 0) is 4.74 Å². The van der Waals surface area contributed by atoms with Crippen LogP contribution >= 0.6 is 11.3 Å². The van der Waals surface area contributed by atoms with Crippen LogP contribution in [0.2, 0.25) is 0 Å². The zero-order valence-corrected chi connectivity index (χ0v) is 14.8. The fourth-order valence-electron chi connectivity index (χ4n) is 2.29. The highest BCUT2D eigenvalue weighted by atomic mass is 32.1. The van der Waals surface area contributed by atoms with Crippen molar-refractivity contribution in [2.24, 2.45) is 0 Å². The van der Waals surface area contributed by atoms with Gasteiger partial charge >= 0.3 is 5.97 Å². The van der Waals surface area contributed by atoms with Crippen molar-refractivity contribution in [1.82, 2.24) is 14.8 Å². The minimum atomic E-state index is -0.548. The minimum absolute atomic E-state index is 0.130. The number of hydrogen-bond donors (Lipinski definition) is 1. The Morgan fingerprint density at radius 1 is 1.35 bits per heavy atom. The largest absolute Gasteiger partial charge is 0.461 e. The number of esters is 1. The Kier molecular flexibility index (Phi) is 5.08. The molecule has 7 nitrogen and oxygen atoms in total. The van der Waals surface area contributed by atoms with Crippen molar-refractivity contribution in [3.05, 3.63) is 58.6 Å². The Morgan fingerprint density at radius 3 is 2.85 bits per heavy atom. The van der Waals surface area contributed by atoms with Gasteiger partial charge in [0.1, 0.15) is 11.5 Å². The highest BCUT2D eigenvalue weighted by molar-refractivity contribution is 7.14. The van der Waals surface area contributed by atoms with Crippen molar-refractivity contribution in [2.45, 2.75) is 13.8 Å². The summed E-state index contributed by atoms with van der Waals surface area (Å²) < 4.78 is 20.2. The van der Waals surface area contributed by atoms with Crippen LogP contribution in [0.4, 0.5) is 9.52 Å². The van der Waals surface area contributed by atoms with Crippen LogP contribution in [0.25, 0.3) is 5.69 Å². The lowest BCUT2D eigenvalue weighted by atomic mass is 10.2. The lowest BCUT2D eigenvalue weighted by molar-refractivity contribution is 0.0520. The standard InChI is InChI=1S/C17H15FN4O3S/c1-3-25-16(24)13-9-26-17(20-13)21-15(23)11-8-19-22(10(11)2)14-7-5-4-6-12(14)18/h4-9H,3H2,1-2H3,(H,20,21,23). The van der Waals surface area contributed by atoms with E-state index in [4.69, 9.17) is 4.74 Å². The van der Waals surface area contributed by atoms with E-state index < -0.39 is 17.7 Å². The number of para-hydroxylation sites is 1. The molecule has 3 aromatic rings. The van der Waals surface area contributed by atoms with E-state index >= 15 is 0 Å². The minimum Gasteiger partial charge on any atom is -0.461 e. The zero-order chi connectivity index (χ0) is 18.7. The maximum absolute atomic E-state index is 13.9. The van der Waals surface area contributed by atoms with Crippen LogP contribution in [0.5, 0.6) is 0 Å². The number of benzene rings is 1. The average Bonchev–Trinajstić information content (AvgIpc) is 3.22. The third kappa shape index (κ3) is 3.47. The van der Waals surface area contributed by atoms with Crippen LogP contribution in [0, 0.1) is 12.7 Å². The molecular formula is C17H15FN4O3S. The number of aromatic nitrogens is 3. The van der Waals surface area contributed by atoms with E-state index in [9.17, 15) is 14.0 Å². The Hall–Kier alpha value is -3.07. The molecule has 9 heteroatoms. The molecule has 0 aliphatic rings. The van der Waals surface area contributed by atoms with Crippen LogP contribution in [0.1, 0.15) is 33.5 Å². The molecule has 2 aromatic heterocycles. The fourth-order valence-corrected chi connectivity index (χ4v) is 2.97. The van der Waals surface area contributed by atoms with E-state index in [-0.39, 0.29) is 28.7 Å². The molecule has 134 valence electrons. The topological polar surface area (TPSA) is 86.1 Å². The van der Waals surface area contributed by atoms with Gasteiger partial charge in [0.15, 0.2) is 10.8 Å². The van der Waals surface area contributed by atoms with Crippen molar-refractivity contribution in [3.8, 4) is 5.69 Å². The first-order valence-corrected chi connectivity index (χ1v) is 8.62. The molecule has 3 rings (SSSR count). The molecule has 26 heavy (non-hydrogen) atoms. The second kappa shape index (κ2) is 7.44. The lowest BCUT2D eigenvalue weighted by Crippen LogP contribution is -2.13. The second-order valence-electron chi connectivity index (χ2n) is 5.22. The molecule has 0 aliphatic heterocycles. The van der Waals surface area contributed by atoms with Gasteiger partial charge in [-0.05, 0) is 26.0 Å². The summed E-state index contributed by atoms with van der Waals surface area (Å²) in [5.41, 5.74) is 1.14. The number of rotatable bonds is 5. The molecule has 1 N–H and O–H groups in total. The van der Waals surface area contributed by atoms with Gasteiger partial charge in [0.2, 0.25) is 0 Å². The van der Waals surface area contributed by atoms with Gasteiger partial charge in [-0.1, -0.05) is 12.1 Å². The second-order valence-corrected chi connectivity index (χ2v) is 6.08. The number of carbonyl (C=O) groups is 2. The summed E-state index contributed by atoms with van der Waals surface area (Å²) in [5, 5.41) is 8.46. The van der Waals surface area contributed by atoms with Gasteiger partial charge in [0.25, 0.3) is 5.91 Å². The molecule has 1 amide bonds. The zero-order valence-electron chi connectivity index (χ0n) is 14.0. The molecule has 0 unspecified atom stereocenters. The summed E-state index contributed by atoms with van der Waals surface area (Å²) in [7, 11) is 0. The highest BCUT2D eigenvalue weighted by Crippen LogP contribution is 2.20. The van der Waals surface area contributed by atoms with Gasteiger partial charge in [0.05, 0.1) is 24.1 Å². The Morgan fingerprint density at radius 2 is 2.12 bits per heavy atom. The van der Waals surface area contributed by atoms with E-state index in [1.807, 2.05) is 0 Å². The molecule has 0 radical (unpaired) electrons. The predicted molar refractivity (Wildman–Crippen MR) is 94.3 cm³/mol. The van der Waals surface area contributed by atoms with Crippen molar-refractivity contribution >= 4 is 28.3 Å². The van der Waals surface area contributed by atoms with Crippen LogP contribution in [0.3, 0.4) is 0 Å². The number of nitrogens with zero attached hydrogens (tertiary/aromatic N) is 3. The van der Waals surface area contributed by atoms with Gasteiger partial charge in [-0.25, -0.2) is 18.9 Å². The molecule has 0 spiro atoms. The highest BCUT2D eigenvalue weighted by Gasteiger charge is 2.19. The number of anilines is 1. The quantitative estimate of drug-likeness (QED) is 0.693. The molecule has 0 bridgehead atoms. The van der Waals surface area contributed by atoms with Crippen molar-refractivity contribution in [3.63, 3.8) is 0 Å². The average molecular weight is 374 g/mol. The Labute approximate surface area is 152 Å². The number of carbonyl (C=O) groups excluding carboxylic acids is 2. The van der Waals surface area contributed by atoms with Gasteiger partial charge in [-0.15, -0.1) is 11.3 Å². The number of amides is 1. The van der Waals surface area contributed by atoms with E-state index in [1.54, 1.807) is 32.0 Å². The van der Waals surface area contributed by atoms with Gasteiger partial charge in [-0.3, -0.25) is 10.1 Å². The molecular weight excluding hydrogens is 359 g/mol. The van der Waals surface area contributed by atoms with Gasteiger partial charge < -0.3 is 4.74 Å². The lowest BCUT2D eigenvalue weighted by Gasteiger charge is -2.06. The predicted octanol–water partition coefficient (Wildman–Crippen LogP) is 3.21. The number of halogens is 1. The van der Waals surface area contributed by atoms with Gasteiger partial charge in [0, 0.05) is 5.38 Å². The normalized spacial score (nSPS) is 10.6. The van der Waals surface area contributed by atoms with Gasteiger partial charge in [-0.2, -0.15) is 5.10 Å². The molecule has 2 heterocycles. The molecule has 0 aliphatic carbocycles. The third-order valence-corrected chi connectivity index (χ3v) is 4.30. The van der Waals surface area contributed by atoms with E-state index in [0.29, 0.717) is 5.69 Å². The smallest absolute Gasteiger partial charge is 0.357 e. The first-order valence-electron chi connectivity index (χ1n) is 7.74. The summed E-state index contributed by atoms with van der Waals surface area (Å²) >= 11 is 1.11. The monoisotopic (exact) mass is 374 g/mol. The molecule has 1 aromatic carbocycles.